The van der Waals surface area contributed by atoms with Gasteiger partial charge in [0, 0.05) is 30.4 Å². The normalized spacial score (nSPS) is 36.8. The minimum absolute atomic E-state index is 0.759. The lowest BCUT2D eigenvalue weighted by atomic mass is 9.94. The lowest BCUT2D eigenvalue weighted by Gasteiger charge is -2.37. The Labute approximate surface area is 105 Å². The predicted molar refractivity (Wildman–Crippen MR) is 73.2 cm³/mol. The van der Waals surface area contributed by atoms with Crippen LogP contribution in [0.4, 0.5) is 0 Å². The van der Waals surface area contributed by atoms with Crippen molar-refractivity contribution in [3.8, 4) is 0 Å². The van der Waals surface area contributed by atoms with Gasteiger partial charge in [-0.15, -0.1) is 0 Å². The maximum absolute atomic E-state index is 3.60. The van der Waals surface area contributed by atoms with E-state index in [9.17, 15) is 0 Å². The van der Waals surface area contributed by atoms with Gasteiger partial charge in [-0.2, -0.15) is 11.8 Å². The molecule has 1 heterocycles. The van der Waals surface area contributed by atoms with Crippen molar-refractivity contribution in [2.24, 2.45) is 0 Å². The zero-order valence-electron chi connectivity index (χ0n) is 10.7. The first-order valence-corrected chi connectivity index (χ1v) is 8.14. The van der Waals surface area contributed by atoms with Crippen molar-refractivity contribution in [2.45, 2.75) is 56.4 Å². The minimum Gasteiger partial charge on any atom is -0.313 e. The van der Waals surface area contributed by atoms with Crippen molar-refractivity contribution in [1.29, 1.82) is 0 Å². The van der Waals surface area contributed by atoms with Crippen LogP contribution >= 0.6 is 11.8 Å². The lowest BCUT2D eigenvalue weighted by Crippen LogP contribution is -2.44. The number of nitrogens with one attached hydrogen (secondary N) is 1. The molecule has 1 aliphatic heterocycles. The molecule has 3 heteroatoms. The third-order valence-corrected chi connectivity index (χ3v) is 5.31. The van der Waals surface area contributed by atoms with E-state index >= 15 is 0 Å². The highest BCUT2D eigenvalue weighted by molar-refractivity contribution is 7.99. The van der Waals surface area contributed by atoms with Crippen molar-refractivity contribution >= 4 is 11.8 Å². The second kappa shape index (κ2) is 6.27. The molecule has 2 nitrogen and oxygen atoms in total. The molecule has 2 rings (SSSR count). The van der Waals surface area contributed by atoms with Crippen molar-refractivity contribution in [2.75, 3.05) is 25.9 Å². The fourth-order valence-corrected chi connectivity index (χ4v) is 4.34. The third-order valence-electron chi connectivity index (χ3n) is 4.15. The van der Waals surface area contributed by atoms with E-state index in [1.54, 1.807) is 0 Å². The smallest absolute Gasteiger partial charge is 0.0215 e. The van der Waals surface area contributed by atoms with E-state index in [1.165, 1.54) is 45.2 Å². The summed E-state index contributed by atoms with van der Waals surface area (Å²) in [6, 6.07) is 1.63. The maximum Gasteiger partial charge on any atom is 0.0215 e. The van der Waals surface area contributed by atoms with Crippen molar-refractivity contribution in [3.63, 3.8) is 0 Å². The van der Waals surface area contributed by atoms with Gasteiger partial charge < -0.3 is 5.32 Å². The van der Waals surface area contributed by atoms with Gasteiger partial charge >= 0.3 is 0 Å². The number of likely N-dealkylation sites (N-methyl/N-ethyl adjacent to an activating group) is 1. The van der Waals surface area contributed by atoms with E-state index in [2.05, 4.69) is 35.2 Å². The number of hydrogen-bond acceptors (Lipinski definition) is 3. The quantitative estimate of drug-likeness (QED) is 0.814. The molecule has 3 atom stereocenters. The summed E-state index contributed by atoms with van der Waals surface area (Å²) in [7, 11) is 0. The standard InChI is InChI=1S/C13H26N2S/c1-3-14-11-8-9-15(10-11)12-6-4-5-7-13(12)16-2/h11-14H,3-10H2,1-2H3. The molecule has 1 saturated heterocycles. The average molecular weight is 242 g/mol. The monoisotopic (exact) mass is 242 g/mol. The molecule has 3 unspecified atom stereocenters. The van der Waals surface area contributed by atoms with Crippen LogP contribution in [0.3, 0.4) is 0 Å². The zero-order valence-corrected chi connectivity index (χ0v) is 11.6. The van der Waals surface area contributed by atoms with Crippen molar-refractivity contribution in [3.05, 3.63) is 0 Å². The van der Waals surface area contributed by atoms with Gasteiger partial charge in [-0.25, -0.2) is 0 Å². The van der Waals surface area contributed by atoms with Crippen LogP contribution in [-0.4, -0.2) is 48.1 Å². The molecular formula is C13H26N2S. The molecule has 2 aliphatic rings. The fraction of sp³-hybridized carbons (Fsp3) is 1.00. The summed E-state index contributed by atoms with van der Waals surface area (Å²) in [4.78, 5) is 2.76. The average Bonchev–Trinajstić information content (AvgIpc) is 2.78. The first-order chi connectivity index (χ1) is 7.85. The molecule has 16 heavy (non-hydrogen) atoms. The second-order valence-electron chi connectivity index (χ2n) is 5.16. The van der Waals surface area contributed by atoms with Crippen molar-refractivity contribution in [1.82, 2.24) is 10.2 Å². The number of nitrogens with zero attached hydrogens (tertiary/aromatic N) is 1. The third kappa shape index (κ3) is 2.93. The van der Waals surface area contributed by atoms with Crippen LogP contribution in [-0.2, 0) is 0 Å². The van der Waals surface area contributed by atoms with E-state index in [0.29, 0.717) is 0 Å². The minimum atomic E-state index is 0.759. The molecule has 0 spiro atoms. The zero-order chi connectivity index (χ0) is 11.4. The number of rotatable bonds is 4. The van der Waals surface area contributed by atoms with Gasteiger partial charge in [0.1, 0.15) is 0 Å². The van der Waals surface area contributed by atoms with E-state index < -0.39 is 0 Å². The lowest BCUT2D eigenvalue weighted by molar-refractivity contribution is 0.194. The first kappa shape index (κ1) is 12.7. The maximum atomic E-state index is 3.60. The molecule has 0 bridgehead atoms. The molecule has 1 saturated carbocycles. The Morgan fingerprint density at radius 2 is 2.06 bits per heavy atom. The molecule has 1 aliphatic carbocycles. The Morgan fingerprint density at radius 1 is 1.25 bits per heavy atom. The van der Waals surface area contributed by atoms with Crippen molar-refractivity contribution < 1.29 is 0 Å². The summed E-state index contributed by atoms with van der Waals surface area (Å²) in [6.07, 6.45) is 9.42. The molecule has 1 N–H and O–H groups in total. The van der Waals surface area contributed by atoms with Crippen LogP contribution in [0.1, 0.15) is 39.0 Å². The van der Waals surface area contributed by atoms with Gasteiger partial charge in [-0.3, -0.25) is 4.90 Å². The SMILES string of the molecule is CCNC1CCN(C2CCCCC2SC)C1. The van der Waals surface area contributed by atoms with Crippen LogP contribution in [0.2, 0.25) is 0 Å². The molecule has 0 aromatic carbocycles. The van der Waals surface area contributed by atoms with Gasteiger partial charge in [-0.05, 0) is 32.1 Å². The largest absolute Gasteiger partial charge is 0.313 e. The molecule has 0 amide bonds. The highest BCUT2D eigenvalue weighted by Gasteiger charge is 2.33. The number of thioether (sulfide) groups is 1. The van der Waals surface area contributed by atoms with E-state index in [1.807, 2.05) is 0 Å². The predicted octanol–water partition coefficient (Wildman–Crippen LogP) is 2.34. The van der Waals surface area contributed by atoms with Gasteiger partial charge in [0.2, 0.25) is 0 Å². The Kier molecular flexibility index (Phi) is 4.98. The highest BCUT2D eigenvalue weighted by atomic mass is 32.2. The van der Waals surface area contributed by atoms with Gasteiger partial charge in [0.05, 0.1) is 0 Å². The second-order valence-corrected chi connectivity index (χ2v) is 6.24. The summed E-state index contributed by atoms with van der Waals surface area (Å²) in [5.41, 5.74) is 0. The van der Waals surface area contributed by atoms with E-state index in [4.69, 9.17) is 0 Å². The first-order valence-electron chi connectivity index (χ1n) is 6.85. The van der Waals surface area contributed by atoms with Gasteiger partial charge in [0.25, 0.3) is 0 Å². The number of likely N-dealkylation sites (tertiary alicyclic amines) is 1. The molecular weight excluding hydrogens is 216 g/mol. The summed E-state index contributed by atoms with van der Waals surface area (Å²) in [5.74, 6) is 0. The summed E-state index contributed by atoms with van der Waals surface area (Å²) in [5, 5.41) is 4.50. The topological polar surface area (TPSA) is 15.3 Å². The van der Waals surface area contributed by atoms with Crippen LogP contribution in [0.5, 0.6) is 0 Å². The fourth-order valence-electron chi connectivity index (χ4n) is 3.31. The molecule has 0 aromatic rings. The van der Waals surface area contributed by atoms with Crippen LogP contribution in [0.15, 0.2) is 0 Å². The Morgan fingerprint density at radius 3 is 2.81 bits per heavy atom. The van der Waals surface area contributed by atoms with Crippen LogP contribution < -0.4 is 5.32 Å². The molecule has 2 fully saturated rings. The summed E-state index contributed by atoms with van der Waals surface area (Å²) < 4.78 is 0. The highest BCUT2D eigenvalue weighted by Crippen LogP contribution is 2.32. The van der Waals surface area contributed by atoms with Crippen LogP contribution in [0, 0.1) is 0 Å². The Balaban J connectivity index is 1.86. The van der Waals surface area contributed by atoms with Gasteiger partial charge in [0.15, 0.2) is 0 Å². The Hall–Kier alpha value is 0.270. The van der Waals surface area contributed by atoms with E-state index in [0.717, 1.165) is 23.9 Å². The van der Waals surface area contributed by atoms with E-state index in [-0.39, 0.29) is 0 Å². The summed E-state index contributed by atoms with van der Waals surface area (Å²) in [6.45, 7) is 5.94. The van der Waals surface area contributed by atoms with Gasteiger partial charge in [-0.1, -0.05) is 19.8 Å². The molecule has 94 valence electrons. The molecule has 0 aromatic heterocycles. The van der Waals surface area contributed by atoms with Crippen LogP contribution in [0.25, 0.3) is 0 Å². The number of hydrogen-bond donors (Lipinski definition) is 1. The summed E-state index contributed by atoms with van der Waals surface area (Å²) >= 11 is 2.09. The molecule has 0 radical (unpaired) electrons. The Bertz CT molecular complexity index is 210.